The lowest BCUT2D eigenvalue weighted by atomic mass is 9.99. The molecule has 0 radical (unpaired) electrons. The Morgan fingerprint density at radius 3 is 3.05 bits per heavy atom. The molecular weight excluding hydrogens is 258 g/mol. The van der Waals surface area contributed by atoms with Crippen LogP contribution < -0.4 is 0 Å². The SMILES string of the molecule is Cn1cncc1CN1CC[C@@H](c2cccc(Cl)c2)C1. The number of hydrogen-bond acceptors (Lipinski definition) is 2. The number of aromatic nitrogens is 2. The van der Waals surface area contributed by atoms with Gasteiger partial charge in [-0.25, -0.2) is 4.98 Å². The lowest BCUT2D eigenvalue weighted by molar-refractivity contribution is 0.319. The lowest BCUT2D eigenvalue weighted by Crippen LogP contribution is -2.21. The molecule has 4 heteroatoms. The van der Waals surface area contributed by atoms with E-state index in [0.29, 0.717) is 5.92 Å². The normalized spacial score (nSPS) is 20.0. The molecule has 1 aliphatic heterocycles. The van der Waals surface area contributed by atoms with Crippen molar-refractivity contribution in [1.82, 2.24) is 14.5 Å². The molecule has 0 saturated carbocycles. The van der Waals surface area contributed by atoms with Crippen molar-refractivity contribution in [2.24, 2.45) is 7.05 Å². The minimum absolute atomic E-state index is 0.604. The number of halogens is 1. The van der Waals surface area contributed by atoms with Gasteiger partial charge >= 0.3 is 0 Å². The molecule has 1 atom stereocenters. The van der Waals surface area contributed by atoms with Crippen LogP contribution in [-0.4, -0.2) is 27.5 Å². The fourth-order valence-electron chi connectivity index (χ4n) is 2.77. The van der Waals surface area contributed by atoms with Crippen molar-refractivity contribution in [1.29, 1.82) is 0 Å². The van der Waals surface area contributed by atoms with Gasteiger partial charge in [0.1, 0.15) is 0 Å². The van der Waals surface area contributed by atoms with Crippen molar-refractivity contribution in [2.75, 3.05) is 13.1 Å². The number of hydrogen-bond donors (Lipinski definition) is 0. The van der Waals surface area contributed by atoms with Gasteiger partial charge in [-0.1, -0.05) is 23.7 Å². The molecule has 0 spiro atoms. The molecule has 0 bridgehead atoms. The average molecular weight is 276 g/mol. The van der Waals surface area contributed by atoms with Gasteiger partial charge in [-0.2, -0.15) is 0 Å². The Balaban J connectivity index is 1.66. The summed E-state index contributed by atoms with van der Waals surface area (Å²) >= 11 is 6.07. The van der Waals surface area contributed by atoms with Gasteiger partial charge in [-0.3, -0.25) is 4.90 Å². The van der Waals surface area contributed by atoms with Gasteiger partial charge in [0.25, 0.3) is 0 Å². The largest absolute Gasteiger partial charge is 0.337 e. The molecule has 1 aromatic carbocycles. The smallest absolute Gasteiger partial charge is 0.0945 e. The predicted molar refractivity (Wildman–Crippen MR) is 77.3 cm³/mol. The molecule has 2 heterocycles. The zero-order valence-corrected chi connectivity index (χ0v) is 11.8. The van der Waals surface area contributed by atoms with Gasteiger partial charge in [0.15, 0.2) is 0 Å². The Morgan fingerprint density at radius 2 is 2.32 bits per heavy atom. The van der Waals surface area contributed by atoms with Crippen LogP contribution in [0.3, 0.4) is 0 Å². The topological polar surface area (TPSA) is 21.1 Å². The van der Waals surface area contributed by atoms with E-state index in [4.69, 9.17) is 11.6 Å². The first kappa shape index (κ1) is 12.7. The van der Waals surface area contributed by atoms with Gasteiger partial charge in [0, 0.05) is 31.4 Å². The summed E-state index contributed by atoms with van der Waals surface area (Å²) in [5.41, 5.74) is 2.63. The predicted octanol–water partition coefficient (Wildman–Crippen LogP) is 3.06. The van der Waals surface area contributed by atoms with Gasteiger partial charge in [-0.05, 0) is 36.6 Å². The summed E-state index contributed by atoms with van der Waals surface area (Å²) in [5.74, 6) is 0.604. The van der Waals surface area contributed by atoms with E-state index in [9.17, 15) is 0 Å². The van der Waals surface area contributed by atoms with E-state index >= 15 is 0 Å². The summed E-state index contributed by atoms with van der Waals surface area (Å²) in [5, 5.41) is 0.836. The second-order valence-electron chi connectivity index (χ2n) is 5.27. The van der Waals surface area contributed by atoms with Crippen molar-refractivity contribution in [3.05, 3.63) is 53.1 Å². The van der Waals surface area contributed by atoms with Crippen molar-refractivity contribution < 1.29 is 0 Å². The first-order valence-electron chi connectivity index (χ1n) is 6.65. The number of rotatable bonds is 3. The fourth-order valence-corrected chi connectivity index (χ4v) is 2.97. The highest BCUT2D eigenvalue weighted by Gasteiger charge is 2.24. The number of likely N-dealkylation sites (tertiary alicyclic amines) is 1. The monoisotopic (exact) mass is 275 g/mol. The molecule has 1 aliphatic rings. The summed E-state index contributed by atoms with van der Waals surface area (Å²) < 4.78 is 2.09. The molecular formula is C15H18ClN3. The molecule has 1 saturated heterocycles. The minimum Gasteiger partial charge on any atom is -0.337 e. The van der Waals surface area contributed by atoms with Crippen LogP contribution in [0.5, 0.6) is 0 Å². The van der Waals surface area contributed by atoms with E-state index < -0.39 is 0 Å². The summed E-state index contributed by atoms with van der Waals surface area (Å²) in [6.45, 7) is 3.22. The maximum absolute atomic E-state index is 6.07. The first-order chi connectivity index (χ1) is 9.22. The standard InChI is InChI=1S/C15H18ClN3/c1-18-11-17-8-15(18)10-19-6-5-13(9-19)12-3-2-4-14(16)7-12/h2-4,7-8,11,13H,5-6,9-10H2,1H3/t13-/m1/s1. The highest BCUT2D eigenvalue weighted by molar-refractivity contribution is 6.30. The second-order valence-corrected chi connectivity index (χ2v) is 5.71. The average Bonchev–Trinajstić information content (AvgIpc) is 3.00. The fraction of sp³-hybridized carbons (Fsp3) is 0.400. The molecule has 0 aliphatic carbocycles. The highest BCUT2D eigenvalue weighted by atomic mass is 35.5. The van der Waals surface area contributed by atoms with Crippen LogP contribution in [0.1, 0.15) is 23.6 Å². The zero-order valence-electron chi connectivity index (χ0n) is 11.1. The lowest BCUT2D eigenvalue weighted by Gasteiger charge is -2.16. The third-order valence-electron chi connectivity index (χ3n) is 3.89. The first-order valence-corrected chi connectivity index (χ1v) is 7.03. The molecule has 1 fully saturated rings. The van der Waals surface area contributed by atoms with E-state index in [-0.39, 0.29) is 0 Å². The second kappa shape index (κ2) is 5.35. The quantitative estimate of drug-likeness (QED) is 0.858. The van der Waals surface area contributed by atoms with Crippen molar-refractivity contribution >= 4 is 11.6 Å². The van der Waals surface area contributed by atoms with E-state index in [1.807, 2.05) is 31.7 Å². The highest BCUT2D eigenvalue weighted by Crippen LogP contribution is 2.29. The molecule has 3 rings (SSSR count). The van der Waals surface area contributed by atoms with Crippen LogP contribution in [0.4, 0.5) is 0 Å². The van der Waals surface area contributed by atoms with Crippen LogP contribution in [0, 0.1) is 0 Å². The third-order valence-corrected chi connectivity index (χ3v) is 4.13. The maximum Gasteiger partial charge on any atom is 0.0945 e. The Hall–Kier alpha value is -1.32. The van der Waals surface area contributed by atoms with Crippen LogP contribution in [0.15, 0.2) is 36.8 Å². The summed E-state index contributed by atoms with van der Waals surface area (Å²) in [6.07, 6.45) is 5.02. The minimum atomic E-state index is 0.604. The Kier molecular flexibility index (Phi) is 3.58. The summed E-state index contributed by atoms with van der Waals surface area (Å²) in [7, 11) is 2.05. The third kappa shape index (κ3) is 2.82. The molecule has 0 N–H and O–H groups in total. The molecule has 0 unspecified atom stereocenters. The summed E-state index contributed by atoms with van der Waals surface area (Å²) in [4.78, 5) is 6.66. The molecule has 0 amide bonds. The zero-order chi connectivity index (χ0) is 13.2. The maximum atomic E-state index is 6.07. The molecule has 2 aromatic rings. The van der Waals surface area contributed by atoms with Gasteiger partial charge in [0.05, 0.1) is 12.0 Å². The molecule has 3 nitrogen and oxygen atoms in total. The van der Waals surface area contributed by atoms with E-state index in [1.54, 1.807) is 0 Å². The Bertz CT molecular complexity index is 564. The van der Waals surface area contributed by atoms with Crippen LogP contribution in [-0.2, 0) is 13.6 Å². The number of benzene rings is 1. The Labute approximate surface area is 118 Å². The van der Waals surface area contributed by atoms with Crippen molar-refractivity contribution in [3.63, 3.8) is 0 Å². The summed E-state index contributed by atoms with van der Waals surface area (Å²) in [6, 6.07) is 8.26. The number of aryl methyl sites for hydroxylation is 1. The molecule has 100 valence electrons. The number of nitrogens with zero attached hydrogens (tertiary/aromatic N) is 3. The van der Waals surface area contributed by atoms with E-state index in [2.05, 4.69) is 26.6 Å². The molecule has 19 heavy (non-hydrogen) atoms. The van der Waals surface area contributed by atoms with Crippen LogP contribution in [0.25, 0.3) is 0 Å². The van der Waals surface area contributed by atoms with Crippen molar-refractivity contribution in [3.8, 4) is 0 Å². The van der Waals surface area contributed by atoms with E-state index in [0.717, 1.165) is 24.7 Å². The van der Waals surface area contributed by atoms with Crippen LogP contribution >= 0.6 is 11.6 Å². The van der Waals surface area contributed by atoms with Gasteiger partial charge < -0.3 is 4.57 Å². The Morgan fingerprint density at radius 1 is 1.42 bits per heavy atom. The van der Waals surface area contributed by atoms with Gasteiger partial charge in [-0.15, -0.1) is 0 Å². The molecule has 1 aromatic heterocycles. The van der Waals surface area contributed by atoms with E-state index in [1.165, 1.54) is 17.7 Å². The van der Waals surface area contributed by atoms with Crippen LogP contribution in [0.2, 0.25) is 5.02 Å². The number of imidazole rings is 1. The van der Waals surface area contributed by atoms with Gasteiger partial charge in [0.2, 0.25) is 0 Å². The van der Waals surface area contributed by atoms with Crippen molar-refractivity contribution in [2.45, 2.75) is 18.9 Å².